The lowest BCUT2D eigenvalue weighted by molar-refractivity contribution is -0.123. The van der Waals surface area contributed by atoms with Crippen LogP contribution < -0.4 is 5.32 Å². The summed E-state index contributed by atoms with van der Waals surface area (Å²) in [6.45, 7) is 4.18. The smallest absolute Gasteiger partial charge is 0.220 e. The summed E-state index contributed by atoms with van der Waals surface area (Å²) in [4.78, 5) is 12.5. The number of unbranched alkanes of at least 4 members (excludes halogenated alkanes) is 26. The molecule has 0 aromatic carbocycles. The molecule has 0 fully saturated rings. The Labute approximate surface area is 477 Å². The van der Waals surface area contributed by atoms with Crippen molar-refractivity contribution in [1.82, 2.24) is 5.32 Å². The van der Waals surface area contributed by atoms with E-state index in [-0.39, 0.29) is 12.5 Å². The number of carbonyl (C=O) groups excluding carboxylic acids is 1. The van der Waals surface area contributed by atoms with Gasteiger partial charge in [-0.05, 0) is 116 Å². The third-order valence-corrected chi connectivity index (χ3v) is 13.7. The molecule has 2 atom stereocenters. The highest BCUT2D eigenvalue weighted by atomic mass is 16.3. The molecule has 1 amide bonds. The van der Waals surface area contributed by atoms with Crippen molar-refractivity contribution in [2.75, 3.05) is 6.61 Å². The van der Waals surface area contributed by atoms with Gasteiger partial charge in [-0.3, -0.25) is 4.79 Å². The molecule has 0 aromatic heterocycles. The Morgan fingerprint density at radius 2 is 0.584 bits per heavy atom. The van der Waals surface area contributed by atoms with Crippen molar-refractivity contribution >= 4 is 5.91 Å². The number of allylic oxidation sites excluding steroid dienone is 25. The molecule has 0 aromatic rings. The standard InChI is InChI=1S/C73H121NO3/c1-3-5-7-9-11-13-15-17-19-21-23-25-27-29-31-33-34-35-36-37-38-39-40-41-43-45-47-49-51-53-55-57-59-61-63-65-67-69-73(77)74-71(70-75)72(76)68-66-64-62-60-58-56-54-52-50-48-46-44-42-32-30-28-26-24-22-20-18-16-14-12-10-8-6-4-2/h5,7,11,13,17,19,23,25,29,31,34-35,37-38,40-41,45,47,51,53,57-60,66,68,71-72,75-76H,3-4,6,8-10,12,14-16,18,20-22,24,26-28,30,32-33,36,39,42-44,46,48-50,52,54-56,61-65,67,69-70H2,1-2H3,(H,74,77)/b7-5-,13-11-,19-17-,25-23-,31-29-,35-34-,38-37-,41-40-,47-45-,53-51-,59-57-,60-58+,68-66+. The summed E-state index contributed by atoms with van der Waals surface area (Å²) in [7, 11) is 0. The second kappa shape index (κ2) is 66.3. The van der Waals surface area contributed by atoms with Gasteiger partial charge >= 0.3 is 0 Å². The van der Waals surface area contributed by atoms with Gasteiger partial charge in [-0.25, -0.2) is 0 Å². The van der Waals surface area contributed by atoms with Crippen LogP contribution in [-0.2, 0) is 4.79 Å². The molecule has 2 unspecified atom stereocenters. The molecule has 4 heteroatoms. The summed E-state index contributed by atoms with van der Waals surface area (Å²) in [5.74, 6) is -0.110. The predicted molar refractivity (Wildman–Crippen MR) is 344 cm³/mol. The molecule has 0 saturated carbocycles. The molecular formula is C73H121NO3. The molecule has 0 rings (SSSR count). The van der Waals surface area contributed by atoms with Crippen LogP contribution in [0.2, 0.25) is 0 Å². The highest BCUT2D eigenvalue weighted by molar-refractivity contribution is 5.76. The van der Waals surface area contributed by atoms with Gasteiger partial charge in [0, 0.05) is 6.42 Å². The Kier molecular flexibility index (Phi) is 62.9. The van der Waals surface area contributed by atoms with Crippen molar-refractivity contribution in [1.29, 1.82) is 0 Å². The zero-order valence-corrected chi connectivity index (χ0v) is 50.2. The maximum absolute atomic E-state index is 12.5. The average Bonchev–Trinajstić information content (AvgIpc) is 3.43. The molecule has 77 heavy (non-hydrogen) atoms. The predicted octanol–water partition coefficient (Wildman–Crippen LogP) is 22.1. The molecule has 0 aliphatic heterocycles. The van der Waals surface area contributed by atoms with Crippen LogP contribution in [-0.4, -0.2) is 34.9 Å². The van der Waals surface area contributed by atoms with Crippen LogP contribution in [0.25, 0.3) is 0 Å². The van der Waals surface area contributed by atoms with Gasteiger partial charge in [0.2, 0.25) is 5.91 Å². The number of amides is 1. The van der Waals surface area contributed by atoms with Crippen molar-refractivity contribution in [2.45, 2.75) is 289 Å². The molecule has 3 N–H and O–H groups in total. The van der Waals surface area contributed by atoms with Gasteiger partial charge in [0.25, 0.3) is 0 Å². The first-order valence-corrected chi connectivity index (χ1v) is 32.2. The maximum atomic E-state index is 12.5. The Morgan fingerprint density at radius 1 is 0.325 bits per heavy atom. The Bertz CT molecular complexity index is 1630. The zero-order chi connectivity index (χ0) is 55.5. The minimum Gasteiger partial charge on any atom is -0.394 e. The van der Waals surface area contributed by atoms with Crippen LogP contribution in [0.5, 0.6) is 0 Å². The lowest BCUT2D eigenvalue weighted by Gasteiger charge is -2.19. The number of rotatable bonds is 57. The zero-order valence-electron chi connectivity index (χ0n) is 50.2. The van der Waals surface area contributed by atoms with Gasteiger partial charge < -0.3 is 15.5 Å². The van der Waals surface area contributed by atoms with E-state index in [2.05, 4.69) is 165 Å². The van der Waals surface area contributed by atoms with Gasteiger partial charge in [0.1, 0.15) is 0 Å². The fourth-order valence-electron chi connectivity index (χ4n) is 8.91. The first-order chi connectivity index (χ1) is 38.2. The maximum Gasteiger partial charge on any atom is 0.220 e. The van der Waals surface area contributed by atoms with E-state index in [1.165, 1.54) is 141 Å². The summed E-state index contributed by atoms with van der Waals surface area (Å²) in [6.07, 6.45) is 106. The van der Waals surface area contributed by atoms with Gasteiger partial charge in [0.15, 0.2) is 0 Å². The van der Waals surface area contributed by atoms with E-state index in [0.29, 0.717) is 6.42 Å². The van der Waals surface area contributed by atoms with Crippen LogP contribution in [0.15, 0.2) is 158 Å². The number of hydrogen-bond acceptors (Lipinski definition) is 3. The Hall–Kier alpha value is -3.99. The van der Waals surface area contributed by atoms with Crippen LogP contribution in [0.3, 0.4) is 0 Å². The molecule has 0 heterocycles. The van der Waals surface area contributed by atoms with Crippen molar-refractivity contribution < 1.29 is 15.0 Å². The lowest BCUT2D eigenvalue weighted by Crippen LogP contribution is -2.45. The first-order valence-electron chi connectivity index (χ1n) is 32.2. The number of aliphatic hydroxyl groups is 2. The summed E-state index contributed by atoms with van der Waals surface area (Å²) in [5, 5.41) is 23.2. The molecule has 0 bridgehead atoms. The number of carbonyl (C=O) groups is 1. The molecule has 0 aliphatic carbocycles. The van der Waals surface area contributed by atoms with Gasteiger partial charge in [-0.1, -0.05) is 313 Å². The van der Waals surface area contributed by atoms with E-state index >= 15 is 0 Å². The summed E-state index contributed by atoms with van der Waals surface area (Å²) >= 11 is 0. The monoisotopic (exact) mass is 1060 g/mol. The quantitative estimate of drug-likeness (QED) is 0.0420. The molecule has 0 radical (unpaired) electrons. The third kappa shape index (κ3) is 62.7. The normalized spacial score (nSPS) is 13.9. The molecule has 0 aliphatic rings. The van der Waals surface area contributed by atoms with E-state index in [4.69, 9.17) is 0 Å². The van der Waals surface area contributed by atoms with E-state index in [1.54, 1.807) is 6.08 Å². The molecule has 0 spiro atoms. The second-order valence-corrected chi connectivity index (χ2v) is 21.1. The fraction of sp³-hybridized carbons (Fsp3) is 0.630. The highest BCUT2D eigenvalue weighted by Gasteiger charge is 2.18. The van der Waals surface area contributed by atoms with Crippen LogP contribution >= 0.6 is 0 Å². The first kappa shape index (κ1) is 73.0. The van der Waals surface area contributed by atoms with Crippen LogP contribution in [0.1, 0.15) is 277 Å². The SMILES string of the molecule is CC/C=C\C/C=C\C/C=C\C/C=C\C/C=C\C/C=C\C/C=C\C/C=C\C/C=C\C/C=C\C/C=C\CCCCCC(=O)NC(CO)C(O)/C=C/CC/C=C/CCCCCCCCCCCCCCCCCCCCCCCC. The summed E-state index contributed by atoms with van der Waals surface area (Å²) in [6, 6.07) is -0.671. The number of aliphatic hydroxyl groups excluding tert-OH is 2. The van der Waals surface area contributed by atoms with Gasteiger partial charge in [-0.2, -0.15) is 0 Å². The van der Waals surface area contributed by atoms with Crippen LogP contribution in [0, 0.1) is 0 Å². The van der Waals surface area contributed by atoms with Crippen molar-refractivity contribution in [2.24, 2.45) is 0 Å². The van der Waals surface area contributed by atoms with Crippen molar-refractivity contribution in [3.8, 4) is 0 Å². The Balaban J connectivity index is 3.69. The van der Waals surface area contributed by atoms with Gasteiger partial charge in [-0.15, -0.1) is 0 Å². The highest BCUT2D eigenvalue weighted by Crippen LogP contribution is 2.16. The Morgan fingerprint density at radius 3 is 0.909 bits per heavy atom. The van der Waals surface area contributed by atoms with E-state index in [9.17, 15) is 15.0 Å². The van der Waals surface area contributed by atoms with Crippen LogP contribution in [0.4, 0.5) is 0 Å². The number of hydrogen-bond donors (Lipinski definition) is 3. The van der Waals surface area contributed by atoms with E-state index in [0.717, 1.165) is 116 Å². The minimum atomic E-state index is -0.890. The average molecular weight is 1060 g/mol. The molecule has 436 valence electrons. The van der Waals surface area contributed by atoms with Crippen molar-refractivity contribution in [3.05, 3.63) is 158 Å². The lowest BCUT2D eigenvalue weighted by atomic mass is 10.0. The third-order valence-electron chi connectivity index (χ3n) is 13.7. The molecule has 0 saturated heterocycles. The largest absolute Gasteiger partial charge is 0.394 e. The molecule has 4 nitrogen and oxygen atoms in total. The van der Waals surface area contributed by atoms with E-state index in [1.807, 2.05) is 6.08 Å². The topological polar surface area (TPSA) is 69.6 Å². The summed E-state index contributed by atoms with van der Waals surface area (Å²) in [5.41, 5.74) is 0. The summed E-state index contributed by atoms with van der Waals surface area (Å²) < 4.78 is 0. The second-order valence-electron chi connectivity index (χ2n) is 21.1. The minimum absolute atomic E-state index is 0.110. The molecular weight excluding hydrogens is 939 g/mol. The van der Waals surface area contributed by atoms with Crippen molar-refractivity contribution in [3.63, 3.8) is 0 Å². The van der Waals surface area contributed by atoms with Gasteiger partial charge in [0.05, 0.1) is 18.8 Å². The van der Waals surface area contributed by atoms with E-state index < -0.39 is 12.1 Å². The number of nitrogens with one attached hydrogen (secondary N) is 1. The fourth-order valence-corrected chi connectivity index (χ4v) is 8.91.